The maximum atomic E-state index is 2.50. The molecule has 0 saturated carbocycles. The predicted molar refractivity (Wildman–Crippen MR) is 89.1 cm³/mol. The van der Waals surface area contributed by atoms with Crippen LogP contribution in [0, 0.1) is 12.8 Å². The van der Waals surface area contributed by atoms with E-state index in [1.807, 2.05) is 0 Å². The van der Waals surface area contributed by atoms with Crippen LogP contribution < -0.4 is 5.32 Å². The molecule has 1 nitrogen and oxygen atoms in total. The van der Waals surface area contributed by atoms with Crippen LogP contribution in [0.5, 0.6) is 0 Å². The fourth-order valence-electron chi connectivity index (χ4n) is 2.55. The van der Waals surface area contributed by atoms with Gasteiger partial charge in [-0.25, -0.2) is 0 Å². The molecule has 0 aromatic heterocycles. The minimum Gasteiger partial charge on any atom is -0.340 e. The van der Waals surface area contributed by atoms with E-state index in [-0.39, 0.29) is 0 Å². The molecular weight excluding hydrogens is 242 g/mol. The Morgan fingerprint density at radius 3 is 2.20 bits per heavy atom. The summed E-state index contributed by atoms with van der Waals surface area (Å²) in [6.45, 7) is 14.7. The maximum Gasteiger partial charge on any atom is 0.105 e. The van der Waals surface area contributed by atoms with Gasteiger partial charge in [0.15, 0.2) is 0 Å². The van der Waals surface area contributed by atoms with Crippen LogP contribution in [-0.4, -0.2) is 12.6 Å². The van der Waals surface area contributed by atoms with E-state index < -0.39 is 0 Å². The lowest BCUT2D eigenvalue weighted by Crippen LogP contribution is -2.90. The Morgan fingerprint density at radius 1 is 1.10 bits per heavy atom. The van der Waals surface area contributed by atoms with Crippen LogP contribution in [-0.2, 0) is 0 Å². The summed E-state index contributed by atoms with van der Waals surface area (Å²) in [5.41, 5.74) is 4.22. The second kappa shape index (κ2) is 8.26. The molecule has 1 rings (SSSR count). The first-order chi connectivity index (χ1) is 9.38. The van der Waals surface area contributed by atoms with Gasteiger partial charge >= 0.3 is 0 Å². The number of hydrogen-bond donors (Lipinski definition) is 1. The van der Waals surface area contributed by atoms with Gasteiger partial charge in [0.05, 0.1) is 6.54 Å². The molecule has 112 valence electrons. The lowest BCUT2D eigenvalue weighted by atomic mass is 9.92. The highest BCUT2D eigenvalue weighted by Gasteiger charge is 2.15. The number of rotatable bonds is 7. The minimum atomic E-state index is 0.596. The highest BCUT2D eigenvalue weighted by Crippen LogP contribution is 2.20. The molecule has 1 heteroatoms. The van der Waals surface area contributed by atoms with Crippen LogP contribution in [0.25, 0.3) is 0 Å². The summed E-state index contributed by atoms with van der Waals surface area (Å²) < 4.78 is 0. The van der Waals surface area contributed by atoms with Crippen LogP contribution >= 0.6 is 0 Å². The largest absolute Gasteiger partial charge is 0.340 e. The van der Waals surface area contributed by atoms with Gasteiger partial charge in [0.25, 0.3) is 0 Å². The van der Waals surface area contributed by atoms with Gasteiger partial charge in [-0.1, -0.05) is 56.2 Å². The summed E-state index contributed by atoms with van der Waals surface area (Å²) in [6.07, 6.45) is 3.63. The smallest absolute Gasteiger partial charge is 0.105 e. The number of hydrogen-bond acceptors (Lipinski definition) is 0. The summed E-state index contributed by atoms with van der Waals surface area (Å²) in [7, 11) is 0. The van der Waals surface area contributed by atoms with E-state index in [1.54, 1.807) is 0 Å². The summed E-state index contributed by atoms with van der Waals surface area (Å²) >= 11 is 0. The van der Waals surface area contributed by atoms with Crippen molar-refractivity contribution in [3.63, 3.8) is 0 Å². The fraction of sp³-hybridized carbons (Fsp3) is 0.579. The summed E-state index contributed by atoms with van der Waals surface area (Å²) in [4.78, 5) is 0. The van der Waals surface area contributed by atoms with E-state index in [1.165, 1.54) is 29.7 Å². The third-order valence-electron chi connectivity index (χ3n) is 3.73. The van der Waals surface area contributed by atoms with Crippen LogP contribution in [0.2, 0.25) is 0 Å². The average molecular weight is 274 g/mol. The van der Waals surface area contributed by atoms with Crippen molar-refractivity contribution in [2.45, 2.75) is 59.9 Å². The zero-order valence-corrected chi connectivity index (χ0v) is 14.1. The van der Waals surface area contributed by atoms with Crippen molar-refractivity contribution in [3.05, 3.63) is 47.0 Å². The SMILES string of the molecule is CC(C)=C[C@@H](C[C@H](C)c1ccc(C)cc1)[NH2+]CC(C)C. The Bertz CT molecular complexity index is 410. The molecule has 0 amide bonds. The van der Waals surface area contributed by atoms with Gasteiger partial charge in [-0.15, -0.1) is 0 Å². The second-order valence-corrected chi connectivity index (χ2v) is 6.82. The summed E-state index contributed by atoms with van der Waals surface area (Å²) in [6, 6.07) is 9.60. The molecule has 0 aliphatic rings. The first kappa shape index (κ1) is 17.0. The third-order valence-corrected chi connectivity index (χ3v) is 3.73. The molecule has 0 heterocycles. The summed E-state index contributed by atoms with van der Waals surface area (Å²) in [5, 5.41) is 2.50. The molecule has 0 spiro atoms. The van der Waals surface area contributed by atoms with E-state index in [4.69, 9.17) is 0 Å². The maximum absolute atomic E-state index is 2.50. The predicted octanol–water partition coefficient (Wildman–Crippen LogP) is 4.04. The van der Waals surface area contributed by atoms with Crippen LogP contribution in [0.3, 0.4) is 0 Å². The first-order valence-corrected chi connectivity index (χ1v) is 7.93. The highest BCUT2D eigenvalue weighted by atomic mass is 14.9. The van der Waals surface area contributed by atoms with E-state index in [9.17, 15) is 0 Å². The Kier molecular flexibility index (Phi) is 7.01. The lowest BCUT2D eigenvalue weighted by Gasteiger charge is -2.19. The molecule has 0 unspecified atom stereocenters. The third kappa shape index (κ3) is 6.38. The van der Waals surface area contributed by atoms with Gasteiger partial charge in [0.1, 0.15) is 6.04 Å². The zero-order chi connectivity index (χ0) is 15.1. The minimum absolute atomic E-state index is 0.596. The number of quaternary nitrogens is 1. The van der Waals surface area contributed by atoms with Gasteiger partial charge in [-0.05, 0) is 38.3 Å². The van der Waals surface area contributed by atoms with Crippen molar-refractivity contribution >= 4 is 0 Å². The van der Waals surface area contributed by atoms with Crippen LogP contribution in [0.15, 0.2) is 35.9 Å². The molecule has 0 aliphatic carbocycles. The van der Waals surface area contributed by atoms with Gasteiger partial charge in [0.2, 0.25) is 0 Å². The molecule has 20 heavy (non-hydrogen) atoms. The molecule has 1 aromatic rings. The molecule has 0 aliphatic heterocycles. The van der Waals surface area contributed by atoms with Crippen molar-refractivity contribution in [2.24, 2.45) is 5.92 Å². The Morgan fingerprint density at radius 2 is 1.70 bits per heavy atom. The Labute approximate surface area is 125 Å². The molecule has 2 N–H and O–H groups in total. The van der Waals surface area contributed by atoms with Crippen molar-refractivity contribution < 1.29 is 5.32 Å². The van der Waals surface area contributed by atoms with Gasteiger partial charge in [-0.3, -0.25) is 0 Å². The number of benzene rings is 1. The highest BCUT2D eigenvalue weighted by molar-refractivity contribution is 5.24. The quantitative estimate of drug-likeness (QED) is 0.723. The van der Waals surface area contributed by atoms with Crippen molar-refractivity contribution in [3.8, 4) is 0 Å². The fourth-order valence-corrected chi connectivity index (χ4v) is 2.55. The van der Waals surface area contributed by atoms with E-state index in [0.29, 0.717) is 12.0 Å². The van der Waals surface area contributed by atoms with E-state index in [0.717, 1.165) is 5.92 Å². The standard InChI is InChI=1S/C19H31N/c1-14(2)11-19(20-13-15(3)4)12-17(6)18-9-7-16(5)8-10-18/h7-11,15,17,19-20H,12-13H2,1-6H3/p+1/t17-,19-/m0/s1. The summed E-state index contributed by atoms with van der Waals surface area (Å²) in [5.74, 6) is 1.36. The van der Waals surface area contributed by atoms with Gasteiger partial charge in [0, 0.05) is 12.3 Å². The first-order valence-electron chi connectivity index (χ1n) is 7.93. The Hall–Kier alpha value is -1.08. The van der Waals surface area contributed by atoms with Crippen molar-refractivity contribution in [1.29, 1.82) is 0 Å². The molecular formula is C19H32N+. The normalized spacial score (nSPS) is 14.2. The molecule has 0 fully saturated rings. The molecule has 0 radical (unpaired) electrons. The Balaban J connectivity index is 2.67. The van der Waals surface area contributed by atoms with Crippen molar-refractivity contribution in [2.75, 3.05) is 6.54 Å². The van der Waals surface area contributed by atoms with E-state index >= 15 is 0 Å². The van der Waals surface area contributed by atoms with Crippen molar-refractivity contribution in [1.82, 2.24) is 0 Å². The number of aryl methyl sites for hydroxylation is 1. The monoisotopic (exact) mass is 274 g/mol. The molecule has 2 atom stereocenters. The topological polar surface area (TPSA) is 16.6 Å². The molecule has 1 aromatic carbocycles. The number of nitrogens with two attached hydrogens (primary N) is 1. The zero-order valence-electron chi connectivity index (χ0n) is 14.1. The molecule has 0 bridgehead atoms. The second-order valence-electron chi connectivity index (χ2n) is 6.82. The van der Waals surface area contributed by atoms with Crippen LogP contribution in [0.1, 0.15) is 58.1 Å². The van der Waals surface area contributed by atoms with E-state index in [2.05, 4.69) is 77.2 Å². The average Bonchev–Trinajstić information content (AvgIpc) is 2.36. The molecule has 0 saturated heterocycles. The lowest BCUT2D eigenvalue weighted by molar-refractivity contribution is -0.684. The number of allylic oxidation sites excluding steroid dienone is 1. The van der Waals surface area contributed by atoms with Gasteiger partial charge in [-0.2, -0.15) is 0 Å². The van der Waals surface area contributed by atoms with Crippen LogP contribution in [0.4, 0.5) is 0 Å². The van der Waals surface area contributed by atoms with Gasteiger partial charge < -0.3 is 5.32 Å².